The molecule has 0 aliphatic carbocycles. The van der Waals surface area contributed by atoms with E-state index in [2.05, 4.69) is 0 Å². The van der Waals surface area contributed by atoms with Crippen molar-refractivity contribution in [2.75, 3.05) is 79.3 Å². The summed E-state index contributed by atoms with van der Waals surface area (Å²) >= 11 is 0. The first-order valence-electron chi connectivity index (χ1n) is 8.89. The minimum absolute atomic E-state index is 0.110. The monoisotopic (exact) mass is 404 g/mol. The molecule has 2 N–H and O–H groups in total. The second-order valence-electron chi connectivity index (χ2n) is 5.64. The normalized spacial score (nSPS) is 25.7. The van der Waals surface area contributed by atoms with Crippen LogP contribution in [0, 0.1) is 0 Å². The van der Waals surface area contributed by atoms with Gasteiger partial charge in [-0.2, -0.15) is 0 Å². The molecule has 0 saturated carbocycles. The highest BCUT2D eigenvalue weighted by molar-refractivity contribution is 5.91. The number of hydrogen-bond donors (Lipinski definition) is 2. The highest BCUT2D eigenvalue weighted by atomic mass is 16.6. The first-order valence-corrected chi connectivity index (χ1v) is 8.89. The molecule has 1 aliphatic rings. The van der Waals surface area contributed by atoms with Crippen LogP contribution in [0.2, 0.25) is 0 Å². The molecule has 0 atom stereocenters. The van der Waals surface area contributed by atoms with E-state index in [0.717, 1.165) is 12.2 Å². The van der Waals surface area contributed by atoms with Crippen LogP contribution in [-0.4, -0.2) is 101 Å². The Morgan fingerprint density at radius 1 is 0.500 bits per heavy atom. The topological polar surface area (TPSA) is 130 Å². The van der Waals surface area contributed by atoms with Crippen LogP contribution in [0.5, 0.6) is 0 Å². The minimum atomic E-state index is -0.387. The van der Waals surface area contributed by atoms with Crippen LogP contribution in [0.15, 0.2) is 23.7 Å². The fraction of sp³-hybridized carbons (Fsp3) is 0.667. The highest BCUT2D eigenvalue weighted by Gasteiger charge is 2.04. The van der Waals surface area contributed by atoms with Crippen molar-refractivity contribution >= 4 is 11.6 Å². The lowest BCUT2D eigenvalue weighted by molar-refractivity contribution is -0.119. The average molecular weight is 404 g/mol. The molecule has 1 aliphatic heterocycles. The van der Waals surface area contributed by atoms with Crippen molar-refractivity contribution in [2.24, 2.45) is 0 Å². The van der Waals surface area contributed by atoms with Gasteiger partial charge in [-0.15, -0.1) is 0 Å². The van der Waals surface area contributed by atoms with Crippen molar-refractivity contribution in [3.63, 3.8) is 0 Å². The van der Waals surface area contributed by atoms with Gasteiger partial charge in [0.25, 0.3) is 0 Å². The zero-order valence-electron chi connectivity index (χ0n) is 15.8. The van der Waals surface area contributed by atoms with Crippen molar-refractivity contribution in [3.8, 4) is 0 Å². The maximum absolute atomic E-state index is 11.6. The molecule has 10 heteroatoms. The van der Waals surface area contributed by atoms with Crippen molar-refractivity contribution in [1.82, 2.24) is 0 Å². The summed E-state index contributed by atoms with van der Waals surface area (Å²) in [6, 6.07) is 0. The molecule has 0 radical (unpaired) electrons. The number of ketones is 2. The van der Waals surface area contributed by atoms with Crippen LogP contribution in [0.1, 0.15) is 0 Å². The quantitative estimate of drug-likeness (QED) is 0.574. The third kappa shape index (κ3) is 14.3. The molecule has 160 valence electrons. The van der Waals surface area contributed by atoms with Crippen molar-refractivity contribution < 1.29 is 48.2 Å². The molecule has 1 rings (SSSR count). The van der Waals surface area contributed by atoms with Crippen LogP contribution < -0.4 is 0 Å². The number of rotatable bonds is 0. The third-order valence-electron chi connectivity index (χ3n) is 3.13. The summed E-state index contributed by atoms with van der Waals surface area (Å²) in [6.07, 6.45) is 2.11. The standard InChI is InChI=1S/C18H28O10/c19-15-9-16(20)13-27-7-3-24-4-8-28-14-18(22)10-17(21)12-26-6-2-23-1-5-25-11-15/h9-10,19,21H,1-8,11-14H2/b15-9-,17-10-. The van der Waals surface area contributed by atoms with Gasteiger partial charge in [0, 0.05) is 12.2 Å². The van der Waals surface area contributed by atoms with Crippen LogP contribution in [0.4, 0.5) is 0 Å². The van der Waals surface area contributed by atoms with Gasteiger partial charge >= 0.3 is 0 Å². The zero-order valence-corrected chi connectivity index (χ0v) is 15.8. The van der Waals surface area contributed by atoms with E-state index in [0.29, 0.717) is 0 Å². The highest BCUT2D eigenvalue weighted by Crippen LogP contribution is 1.95. The summed E-state index contributed by atoms with van der Waals surface area (Å²) in [5.41, 5.74) is 0. The first kappa shape index (κ1) is 24.2. The maximum Gasteiger partial charge on any atom is 0.184 e. The fourth-order valence-electron chi connectivity index (χ4n) is 1.91. The summed E-state index contributed by atoms with van der Waals surface area (Å²) in [4.78, 5) is 23.2. The third-order valence-corrected chi connectivity index (χ3v) is 3.13. The summed E-state index contributed by atoms with van der Waals surface area (Å²) < 4.78 is 31.1. The molecule has 0 unspecified atom stereocenters. The van der Waals surface area contributed by atoms with E-state index in [1.165, 1.54) is 0 Å². The van der Waals surface area contributed by atoms with E-state index in [9.17, 15) is 19.8 Å². The largest absolute Gasteiger partial charge is 0.510 e. The number of aliphatic hydroxyl groups excluding tert-OH is 2. The lowest BCUT2D eigenvalue weighted by Crippen LogP contribution is -2.15. The molecule has 10 nitrogen and oxygen atoms in total. The van der Waals surface area contributed by atoms with Gasteiger partial charge in [0.2, 0.25) is 0 Å². The minimum Gasteiger partial charge on any atom is -0.510 e. The lowest BCUT2D eigenvalue weighted by Gasteiger charge is -2.07. The van der Waals surface area contributed by atoms with Crippen molar-refractivity contribution in [2.45, 2.75) is 0 Å². The first-order chi connectivity index (χ1) is 13.6. The van der Waals surface area contributed by atoms with E-state index in [1.807, 2.05) is 0 Å². The Labute approximate surface area is 163 Å². The van der Waals surface area contributed by atoms with Gasteiger partial charge in [-0.1, -0.05) is 0 Å². The Kier molecular flexibility index (Phi) is 14.0. The van der Waals surface area contributed by atoms with Crippen LogP contribution in [0.25, 0.3) is 0 Å². The molecule has 0 spiro atoms. The van der Waals surface area contributed by atoms with Crippen molar-refractivity contribution in [1.29, 1.82) is 0 Å². The van der Waals surface area contributed by atoms with E-state index in [4.69, 9.17) is 28.4 Å². The van der Waals surface area contributed by atoms with Gasteiger partial charge in [0.1, 0.15) is 37.9 Å². The molecule has 0 fully saturated rings. The van der Waals surface area contributed by atoms with Gasteiger partial charge < -0.3 is 38.6 Å². The smallest absolute Gasteiger partial charge is 0.184 e. The molecule has 1 heterocycles. The Hall–Kier alpha value is -1.82. The van der Waals surface area contributed by atoms with Crippen LogP contribution >= 0.6 is 0 Å². The molecule has 0 amide bonds. The number of carbonyl (C=O) groups excluding carboxylic acids is 2. The number of aliphatic hydroxyl groups is 2. The van der Waals surface area contributed by atoms with E-state index in [1.54, 1.807) is 0 Å². The molecule has 0 aromatic rings. The van der Waals surface area contributed by atoms with Crippen LogP contribution in [-0.2, 0) is 38.0 Å². The Balaban J connectivity index is 2.37. The Bertz CT molecular complexity index is 470. The predicted molar refractivity (Wildman–Crippen MR) is 96.4 cm³/mol. The molecule has 0 saturated heterocycles. The summed E-state index contributed by atoms with van der Waals surface area (Å²) in [7, 11) is 0. The van der Waals surface area contributed by atoms with E-state index in [-0.39, 0.29) is 102 Å². The summed E-state index contributed by atoms with van der Waals surface area (Å²) in [5, 5.41) is 19.2. The van der Waals surface area contributed by atoms with Gasteiger partial charge in [0.15, 0.2) is 11.6 Å². The maximum atomic E-state index is 11.6. The second kappa shape index (κ2) is 16.2. The molecule has 28 heavy (non-hydrogen) atoms. The van der Waals surface area contributed by atoms with E-state index < -0.39 is 0 Å². The second-order valence-corrected chi connectivity index (χ2v) is 5.64. The molecule has 0 aromatic heterocycles. The summed E-state index contributed by atoms with van der Waals surface area (Å²) in [5.74, 6) is -1.17. The predicted octanol–water partition coefficient (Wildman–Crippen LogP) is 0.122. The molecular formula is C18H28O10. The molecular weight excluding hydrogens is 376 g/mol. The number of hydrogen-bond acceptors (Lipinski definition) is 10. The zero-order chi connectivity index (χ0) is 20.5. The molecule has 0 bridgehead atoms. The number of carbonyl (C=O) groups is 2. The van der Waals surface area contributed by atoms with Gasteiger partial charge in [-0.25, -0.2) is 0 Å². The van der Waals surface area contributed by atoms with Crippen molar-refractivity contribution in [3.05, 3.63) is 23.7 Å². The lowest BCUT2D eigenvalue weighted by atomic mass is 10.3. The van der Waals surface area contributed by atoms with Gasteiger partial charge in [-0.3, -0.25) is 9.59 Å². The average Bonchev–Trinajstić information content (AvgIpc) is 2.64. The number of ether oxygens (including phenoxy) is 6. The van der Waals surface area contributed by atoms with E-state index >= 15 is 0 Å². The molecule has 0 aromatic carbocycles. The SMILES string of the molecule is O=C1/C=C(\O)COCCOCCOC/C(O)=C/C(=O)COCCOCCOC1. The van der Waals surface area contributed by atoms with Gasteiger partial charge in [0.05, 0.1) is 52.9 Å². The Morgan fingerprint density at radius 2 is 0.786 bits per heavy atom. The Morgan fingerprint density at radius 3 is 1.14 bits per heavy atom. The van der Waals surface area contributed by atoms with Gasteiger partial charge in [-0.05, 0) is 0 Å². The van der Waals surface area contributed by atoms with Crippen LogP contribution in [0.3, 0.4) is 0 Å². The summed E-state index contributed by atoms with van der Waals surface area (Å²) in [6.45, 7) is 1.30. The fourth-order valence-corrected chi connectivity index (χ4v) is 1.91.